The summed E-state index contributed by atoms with van der Waals surface area (Å²) in [5.74, 6) is -0.566. The largest absolute Gasteiger partial charge is 0.444 e. The SMILES string of the molecule is CC1(C)CC(=O)c2c(C(F)(F)F)nn(-c3ccc(C#N)c(NC4CC5=C(C4)CN(C(=O)OC(C)(C)C)C5)c3)c2C1. The van der Waals surface area contributed by atoms with Crippen LogP contribution in [0.25, 0.3) is 5.69 Å². The zero-order valence-electron chi connectivity index (χ0n) is 23.2. The Hall–Kier alpha value is -3.81. The van der Waals surface area contributed by atoms with Crippen molar-refractivity contribution in [3.63, 3.8) is 0 Å². The molecule has 1 aromatic heterocycles. The lowest BCUT2D eigenvalue weighted by molar-refractivity contribution is -0.141. The topological polar surface area (TPSA) is 100 Å². The Morgan fingerprint density at radius 1 is 1.15 bits per heavy atom. The van der Waals surface area contributed by atoms with Crippen LogP contribution in [0.5, 0.6) is 0 Å². The van der Waals surface area contributed by atoms with Crippen molar-refractivity contribution >= 4 is 17.6 Å². The van der Waals surface area contributed by atoms with E-state index >= 15 is 0 Å². The number of ether oxygens (including phenoxy) is 1. The number of carbonyl (C=O) groups is 2. The lowest BCUT2D eigenvalue weighted by Gasteiger charge is -2.29. The maximum atomic E-state index is 13.9. The first-order valence-corrected chi connectivity index (χ1v) is 13.3. The van der Waals surface area contributed by atoms with E-state index in [4.69, 9.17) is 4.74 Å². The molecular weight excluding hydrogens is 523 g/mol. The van der Waals surface area contributed by atoms with Gasteiger partial charge < -0.3 is 15.0 Å². The van der Waals surface area contributed by atoms with Gasteiger partial charge in [0.25, 0.3) is 0 Å². The molecule has 3 aliphatic rings. The summed E-state index contributed by atoms with van der Waals surface area (Å²) in [7, 11) is 0. The number of amides is 1. The molecule has 0 fully saturated rings. The highest BCUT2D eigenvalue weighted by Crippen LogP contribution is 2.42. The van der Waals surface area contributed by atoms with E-state index in [0.717, 1.165) is 11.1 Å². The predicted molar refractivity (Wildman–Crippen MR) is 141 cm³/mol. The minimum Gasteiger partial charge on any atom is -0.444 e. The highest BCUT2D eigenvalue weighted by molar-refractivity contribution is 6.00. The number of nitrogens with one attached hydrogen (secondary N) is 1. The predicted octanol–water partition coefficient (Wildman–Crippen LogP) is 6.04. The van der Waals surface area contributed by atoms with Gasteiger partial charge in [-0.15, -0.1) is 0 Å². The van der Waals surface area contributed by atoms with Crippen LogP contribution in [-0.4, -0.2) is 51.3 Å². The molecule has 2 aliphatic carbocycles. The standard InChI is InChI=1S/C29H32F3N5O3/c1-27(2,3)40-26(39)36-14-17-8-19(9-18(17)15-36)34-21-10-20(7-6-16(21)13-33)37-22-11-28(4,5)12-23(38)24(22)25(35-37)29(30,31)32/h6-7,10,19,34H,8-9,11-12,14-15H2,1-5H3. The third-order valence-corrected chi connectivity index (χ3v) is 7.44. The minimum absolute atomic E-state index is 0.0135. The van der Waals surface area contributed by atoms with E-state index in [-0.39, 0.29) is 36.2 Å². The average Bonchev–Trinajstić information content (AvgIpc) is 3.48. The number of alkyl halides is 3. The molecule has 11 heteroatoms. The Morgan fingerprint density at radius 2 is 1.80 bits per heavy atom. The maximum Gasteiger partial charge on any atom is 0.435 e. The molecule has 212 valence electrons. The third kappa shape index (κ3) is 5.31. The lowest BCUT2D eigenvalue weighted by Crippen LogP contribution is -2.36. The highest BCUT2D eigenvalue weighted by atomic mass is 19.4. The van der Waals surface area contributed by atoms with E-state index in [9.17, 15) is 28.0 Å². The summed E-state index contributed by atoms with van der Waals surface area (Å²) in [6, 6.07) is 6.83. The first-order valence-electron chi connectivity index (χ1n) is 13.3. The number of Topliss-reactive ketones (excluding diaryl/α,β-unsaturated/α-hetero) is 1. The normalized spacial score (nSPS) is 19.0. The number of hydrogen-bond acceptors (Lipinski definition) is 6. The van der Waals surface area contributed by atoms with Gasteiger partial charge in [0.2, 0.25) is 0 Å². The third-order valence-electron chi connectivity index (χ3n) is 7.44. The second-order valence-corrected chi connectivity index (χ2v) is 12.7. The molecule has 40 heavy (non-hydrogen) atoms. The van der Waals surface area contributed by atoms with E-state index in [0.29, 0.717) is 42.9 Å². The average molecular weight is 556 g/mol. The number of halogens is 3. The van der Waals surface area contributed by atoms with Crippen LogP contribution in [0.3, 0.4) is 0 Å². The van der Waals surface area contributed by atoms with Crippen LogP contribution in [0.2, 0.25) is 0 Å². The quantitative estimate of drug-likeness (QED) is 0.464. The minimum atomic E-state index is -4.77. The Morgan fingerprint density at radius 3 is 2.38 bits per heavy atom. The molecule has 1 aliphatic heterocycles. The summed E-state index contributed by atoms with van der Waals surface area (Å²) in [6.07, 6.45) is -3.52. The summed E-state index contributed by atoms with van der Waals surface area (Å²) < 4.78 is 48.4. The van der Waals surface area contributed by atoms with Crippen LogP contribution < -0.4 is 5.32 Å². The van der Waals surface area contributed by atoms with E-state index in [1.807, 2.05) is 34.6 Å². The van der Waals surface area contributed by atoms with Crippen molar-refractivity contribution in [3.05, 3.63) is 51.9 Å². The van der Waals surface area contributed by atoms with Gasteiger partial charge in [0.15, 0.2) is 11.5 Å². The van der Waals surface area contributed by atoms with Gasteiger partial charge in [0.05, 0.1) is 28.2 Å². The van der Waals surface area contributed by atoms with Crippen molar-refractivity contribution in [1.29, 1.82) is 5.26 Å². The second-order valence-electron chi connectivity index (χ2n) is 12.7. The molecule has 0 unspecified atom stereocenters. The number of aromatic nitrogens is 2. The molecule has 1 N–H and O–H groups in total. The van der Waals surface area contributed by atoms with Gasteiger partial charge >= 0.3 is 12.3 Å². The zero-order chi connectivity index (χ0) is 29.2. The second kappa shape index (κ2) is 9.39. The molecular formula is C29H32F3N5O3. The summed E-state index contributed by atoms with van der Waals surface area (Å²) in [6.45, 7) is 10.1. The maximum absolute atomic E-state index is 13.9. The van der Waals surface area contributed by atoms with Gasteiger partial charge in [-0.1, -0.05) is 13.8 Å². The number of likely N-dealkylation sites (tertiary alicyclic amines) is 1. The van der Waals surface area contributed by atoms with Gasteiger partial charge in [-0.2, -0.15) is 23.5 Å². The number of nitrogens with zero attached hydrogens (tertiary/aromatic N) is 4. The van der Waals surface area contributed by atoms with E-state index in [2.05, 4.69) is 16.5 Å². The molecule has 0 saturated carbocycles. The van der Waals surface area contributed by atoms with E-state index < -0.39 is 28.7 Å². The summed E-state index contributed by atoms with van der Waals surface area (Å²) in [5.41, 5.74) is 1.07. The van der Waals surface area contributed by atoms with Gasteiger partial charge in [-0.25, -0.2) is 9.48 Å². The number of benzene rings is 1. The fourth-order valence-corrected chi connectivity index (χ4v) is 5.84. The molecule has 0 saturated heterocycles. The molecule has 1 amide bonds. The Kier molecular flexibility index (Phi) is 6.51. The fraction of sp³-hybridized carbons (Fsp3) is 0.517. The van der Waals surface area contributed by atoms with Crippen molar-refractivity contribution in [2.24, 2.45) is 5.41 Å². The summed E-state index contributed by atoms with van der Waals surface area (Å²) >= 11 is 0. The molecule has 2 aromatic rings. The molecule has 0 bridgehead atoms. The van der Waals surface area contributed by atoms with Crippen molar-refractivity contribution in [3.8, 4) is 11.8 Å². The van der Waals surface area contributed by atoms with Crippen molar-refractivity contribution in [1.82, 2.24) is 14.7 Å². The molecule has 0 spiro atoms. The number of rotatable bonds is 3. The zero-order valence-corrected chi connectivity index (χ0v) is 23.2. The van der Waals surface area contributed by atoms with Crippen LogP contribution in [0.1, 0.15) is 81.2 Å². The Bertz CT molecular complexity index is 1460. The fourth-order valence-electron chi connectivity index (χ4n) is 5.84. The molecule has 0 atom stereocenters. The van der Waals surface area contributed by atoms with Crippen molar-refractivity contribution in [2.75, 3.05) is 18.4 Å². The first-order chi connectivity index (χ1) is 18.5. The van der Waals surface area contributed by atoms with Crippen molar-refractivity contribution < 1.29 is 27.5 Å². The number of nitriles is 1. The summed E-state index contributed by atoms with van der Waals surface area (Å²) in [5, 5.41) is 17.0. The van der Waals surface area contributed by atoms with Crippen LogP contribution in [0.4, 0.5) is 23.7 Å². The van der Waals surface area contributed by atoms with Gasteiger partial charge in [-0.3, -0.25) is 4.79 Å². The van der Waals surface area contributed by atoms with E-state index in [1.54, 1.807) is 23.1 Å². The molecule has 1 aromatic carbocycles. The Labute approximate surface area is 230 Å². The molecule has 2 heterocycles. The Balaban J connectivity index is 1.39. The van der Waals surface area contributed by atoms with Gasteiger partial charge in [-0.05, 0) is 74.8 Å². The number of fused-ring (bicyclic) bond motifs is 1. The van der Waals surface area contributed by atoms with Gasteiger partial charge in [0, 0.05) is 25.6 Å². The van der Waals surface area contributed by atoms with Gasteiger partial charge in [0.1, 0.15) is 11.7 Å². The highest BCUT2D eigenvalue weighted by Gasteiger charge is 2.45. The molecule has 0 radical (unpaired) electrons. The first kappa shape index (κ1) is 27.7. The van der Waals surface area contributed by atoms with Crippen LogP contribution in [0.15, 0.2) is 29.3 Å². The lowest BCUT2D eigenvalue weighted by atomic mass is 9.75. The van der Waals surface area contributed by atoms with Crippen LogP contribution >= 0.6 is 0 Å². The molecule has 8 nitrogen and oxygen atoms in total. The smallest absolute Gasteiger partial charge is 0.435 e. The van der Waals surface area contributed by atoms with E-state index in [1.165, 1.54) is 4.68 Å². The number of ketones is 1. The van der Waals surface area contributed by atoms with Crippen molar-refractivity contribution in [2.45, 2.75) is 78.1 Å². The van der Waals surface area contributed by atoms with Crippen LogP contribution in [-0.2, 0) is 17.3 Å². The number of hydrogen-bond donors (Lipinski definition) is 1. The number of anilines is 1. The number of carbonyl (C=O) groups excluding carboxylic acids is 2. The van der Waals surface area contributed by atoms with Crippen LogP contribution in [0, 0.1) is 16.7 Å². The monoisotopic (exact) mass is 555 g/mol. The molecule has 5 rings (SSSR count). The summed E-state index contributed by atoms with van der Waals surface area (Å²) in [4.78, 5) is 26.9.